The Morgan fingerprint density at radius 1 is 1.24 bits per heavy atom. The second-order valence-corrected chi connectivity index (χ2v) is 8.94. The van der Waals surface area contributed by atoms with Gasteiger partial charge in [0.2, 0.25) is 0 Å². The molecule has 8 nitrogen and oxygen atoms in total. The molecular weight excluding hydrogens is 396 g/mol. The fourth-order valence-electron chi connectivity index (χ4n) is 3.71. The third-order valence-electron chi connectivity index (χ3n) is 5.20. The van der Waals surface area contributed by atoms with Gasteiger partial charge in [0.15, 0.2) is 5.75 Å². The molecule has 1 unspecified atom stereocenters. The summed E-state index contributed by atoms with van der Waals surface area (Å²) in [7, 11) is -2.73. The van der Waals surface area contributed by atoms with E-state index in [1.165, 1.54) is 19.2 Å². The molecule has 152 valence electrons. The zero-order chi connectivity index (χ0) is 20.8. The molecule has 3 aromatic rings. The Labute approximate surface area is 167 Å². The molecule has 2 aromatic carbocycles. The van der Waals surface area contributed by atoms with E-state index in [0.29, 0.717) is 11.6 Å². The average molecular weight is 416 g/mol. The van der Waals surface area contributed by atoms with E-state index in [-0.39, 0.29) is 10.6 Å². The molecule has 1 heterocycles. The summed E-state index contributed by atoms with van der Waals surface area (Å²) in [5.41, 5.74) is 1.81. The lowest BCUT2D eigenvalue weighted by atomic mass is 9.88. The molecule has 1 aliphatic carbocycles. The zero-order valence-electron chi connectivity index (χ0n) is 16.0. The molecule has 0 spiro atoms. The zero-order valence-corrected chi connectivity index (χ0v) is 16.8. The van der Waals surface area contributed by atoms with Gasteiger partial charge in [-0.3, -0.25) is 14.8 Å². The van der Waals surface area contributed by atoms with Crippen LogP contribution >= 0.6 is 0 Å². The first-order chi connectivity index (χ1) is 13.8. The van der Waals surface area contributed by atoms with Crippen molar-refractivity contribution in [2.75, 3.05) is 11.8 Å². The van der Waals surface area contributed by atoms with E-state index in [4.69, 9.17) is 9.15 Å². The Hall–Kier alpha value is -3.07. The Bertz CT molecular complexity index is 1220. The van der Waals surface area contributed by atoms with Gasteiger partial charge < -0.3 is 9.15 Å². The number of nitro groups is 1. The maximum Gasteiger partial charge on any atom is 0.312 e. The molecular formula is C20H20N2O6S. The minimum absolute atomic E-state index is 0.00508. The lowest BCUT2D eigenvalue weighted by molar-refractivity contribution is -0.386. The number of rotatable bonds is 5. The predicted octanol–water partition coefficient (Wildman–Crippen LogP) is 4.28. The van der Waals surface area contributed by atoms with Crippen LogP contribution in [-0.4, -0.2) is 20.5 Å². The molecule has 1 atom stereocenters. The largest absolute Gasteiger partial charge is 0.490 e. The van der Waals surface area contributed by atoms with Crippen LogP contribution in [0, 0.1) is 16.0 Å². The highest BCUT2D eigenvalue weighted by Gasteiger charge is 2.24. The molecule has 1 aromatic heterocycles. The molecule has 29 heavy (non-hydrogen) atoms. The first kappa shape index (κ1) is 19.3. The van der Waals surface area contributed by atoms with Crippen LogP contribution in [0.2, 0.25) is 0 Å². The lowest BCUT2D eigenvalue weighted by Gasteiger charge is -2.16. The van der Waals surface area contributed by atoms with Crippen LogP contribution < -0.4 is 9.46 Å². The fraction of sp³-hybridized carbons (Fsp3) is 0.300. The van der Waals surface area contributed by atoms with Gasteiger partial charge in [-0.05, 0) is 49.1 Å². The fourth-order valence-corrected chi connectivity index (χ4v) is 4.78. The molecule has 1 aliphatic rings. The number of aryl methyl sites for hydroxylation is 1. The number of nitrogens with zero attached hydrogens (tertiary/aromatic N) is 1. The van der Waals surface area contributed by atoms with Crippen LogP contribution in [0.25, 0.3) is 11.0 Å². The van der Waals surface area contributed by atoms with Crippen molar-refractivity contribution < 1.29 is 22.5 Å². The smallest absolute Gasteiger partial charge is 0.312 e. The molecule has 0 radical (unpaired) electrons. The van der Waals surface area contributed by atoms with Crippen LogP contribution in [0.15, 0.2) is 45.7 Å². The quantitative estimate of drug-likeness (QED) is 0.491. The summed E-state index contributed by atoms with van der Waals surface area (Å²) in [6, 6.07) is 8.65. The van der Waals surface area contributed by atoms with Crippen molar-refractivity contribution in [1.29, 1.82) is 0 Å². The Kier molecular flexibility index (Phi) is 4.70. The van der Waals surface area contributed by atoms with E-state index in [0.717, 1.165) is 47.6 Å². The van der Waals surface area contributed by atoms with E-state index in [1.54, 1.807) is 18.2 Å². The Balaban J connectivity index is 1.70. The van der Waals surface area contributed by atoms with Crippen LogP contribution in [-0.2, 0) is 22.9 Å². The summed E-state index contributed by atoms with van der Waals surface area (Å²) in [5, 5.41) is 12.1. The van der Waals surface area contributed by atoms with Crippen LogP contribution in [0.1, 0.15) is 24.7 Å². The molecule has 4 rings (SSSR count). The summed E-state index contributed by atoms with van der Waals surface area (Å²) >= 11 is 0. The molecule has 0 bridgehead atoms. The number of fused-ring (bicyclic) bond motifs is 3. The predicted molar refractivity (Wildman–Crippen MR) is 108 cm³/mol. The van der Waals surface area contributed by atoms with Crippen LogP contribution in [0.5, 0.6) is 5.75 Å². The second-order valence-electron chi connectivity index (χ2n) is 7.26. The van der Waals surface area contributed by atoms with Crippen molar-refractivity contribution in [3.8, 4) is 5.75 Å². The van der Waals surface area contributed by atoms with Crippen molar-refractivity contribution in [2.24, 2.45) is 5.92 Å². The van der Waals surface area contributed by atoms with Gasteiger partial charge in [-0.25, -0.2) is 8.42 Å². The first-order valence-corrected chi connectivity index (χ1v) is 10.7. The maximum absolute atomic E-state index is 12.8. The van der Waals surface area contributed by atoms with Crippen molar-refractivity contribution in [1.82, 2.24) is 0 Å². The van der Waals surface area contributed by atoms with Crippen LogP contribution in [0.3, 0.4) is 0 Å². The first-order valence-electron chi connectivity index (χ1n) is 9.18. The topological polar surface area (TPSA) is 112 Å². The van der Waals surface area contributed by atoms with E-state index >= 15 is 0 Å². The number of hydrogen-bond acceptors (Lipinski definition) is 6. The summed E-state index contributed by atoms with van der Waals surface area (Å²) in [6.07, 6.45) is 2.84. The van der Waals surface area contributed by atoms with Gasteiger partial charge in [0.05, 0.1) is 16.9 Å². The summed E-state index contributed by atoms with van der Waals surface area (Å²) in [5.74, 6) is 1.50. The number of benzene rings is 2. The molecule has 0 amide bonds. The third kappa shape index (κ3) is 3.53. The minimum atomic E-state index is -4.02. The highest BCUT2D eigenvalue weighted by Crippen LogP contribution is 2.36. The Morgan fingerprint density at radius 3 is 2.76 bits per heavy atom. The van der Waals surface area contributed by atoms with Crippen molar-refractivity contribution in [3.63, 3.8) is 0 Å². The SMILES string of the molecule is COc1ccc(S(=O)(=O)Nc2ccc3oc4c(c3c2)CC(C)CC4)cc1[N+](=O)[O-]. The summed E-state index contributed by atoms with van der Waals surface area (Å²) in [6.45, 7) is 2.19. The molecule has 9 heteroatoms. The average Bonchev–Trinajstić information content (AvgIpc) is 3.04. The van der Waals surface area contributed by atoms with Gasteiger partial charge in [-0.1, -0.05) is 6.92 Å². The number of nitro benzene ring substituents is 1. The number of hydrogen-bond donors (Lipinski definition) is 1. The number of methoxy groups -OCH3 is 1. The summed E-state index contributed by atoms with van der Waals surface area (Å²) in [4.78, 5) is 10.3. The highest BCUT2D eigenvalue weighted by molar-refractivity contribution is 7.92. The van der Waals surface area contributed by atoms with Gasteiger partial charge >= 0.3 is 5.69 Å². The van der Waals surface area contributed by atoms with Gasteiger partial charge in [0, 0.05) is 29.1 Å². The van der Waals surface area contributed by atoms with E-state index in [2.05, 4.69) is 11.6 Å². The van der Waals surface area contributed by atoms with Gasteiger partial charge in [-0.15, -0.1) is 0 Å². The monoisotopic (exact) mass is 416 g/mol. The number of furan rings is 1. The lowest BCUT2D eigenvalue weighted by Crippen LogP contribution is -2.13. The van der Waals surface area contributed by atoms with E-state index < -0.39 is 20.6 Å². The number of anilines is 1. The standard InChI is InChI=1S/C20H20N2O6S/c1-12-3-6-18-15(9-12)16-10-13(4-7-19(16)28-18)21-29(25,26)14-5-8-20(27-2)17(11-14)22(23)24/h4-5,7-8,10-12,21H,3,6,9H2,1-2H3. The minimum Gasteiger partial charge on any atom is -0.490 e. The molecule has 0 fully saturated rings. The van der Waals surface area contributed by atoms with E-state index in [1.807, 2.05) is 0 Å². The van der Waals surface area contributed by atoms with E-state index in [9.17, 15) is 18.5 Å². The van der Waals surface area contributed by atoms with Crippen LogP contribution in [0.4, 0.5) is 11.4 Å². The normalized spacial score (nSPS) is 16.4. The third-order valence-corrected chi connectivity index (χ3v) is 6.58. The second kappa shape index (κ2) is 7.07. The maximum atomic E-state index is 12.8. The van der Waals surface area contributed by atoms with Gasteiger partial charge in [0.25, 0.3) is 10.0 Å². The van der Waals surface area contributed by atoms with Gasteiger partial charge in [-0.2, -0.15) is 0 Å². The molecule has 0 saturated carbocycles. The van der Waals surface area contributed by atoms with Gasteiger partial charge in [0.1, 0.15) is 11.3 Å². The number of ether oxygens (including phenoxy) is 1. The van der Waals surface area contributed by atoms with Crippen molar-refractivity contribution in [2.45, 2.75) is 31.1 Å². The Morgan fingerprint density at radius 2 is 2.03 bits per heavy atom. The molecule has 1 N–H and O–H groups in total. The number of nitrogens with one attached hydrogen (secondary N) is 1. The van der Waals surface area contributed by atoms with Crippen molar-refractivity contribution >= 4 is 32.4 Å². The molecule has 0 aliphatic heterocycles. The highest BCUT2D eigenvalue weighted by atomic mass is 32.2. The number of sulfonamides is 1. The summed E-state index contributed by atoms with van der Waals surface area (Å²) < 4.78 is 38.9. The van der Waals surface area contributed by atoms with Crippen molar-refractivity contribution in [3.05, 3.63) is 57.8 Å². The molecule has 0 saturated heterocycles.